The molecular weight excluding hydrogens is 384 g/mol. The summed E-state index contributed by atoms with van der Waals surface area (Å²) < 4.78 is 1.57. The van der Waals surface area contributed by atoms with Crippen LogP contribution in [0.4, 0.5) is 5.69 Å². The van der Waals surface area contributed by atoms with Crippen molar-refractivity contribution in [1.29, 1.82) is 0 Å². The van der Waals surface area contributed by atoms with Gasteiger partial charge in [0, 0.05) is 10.6 Å². The van der Waals surface area contributed by atoms with Crippen LogP contribution in [0.1, 0.15) is 11.1 Å². The minimum atomic E-state index is -0.328. The number of amides is 1. The molecule has 0 saturated heterocycles. The highest BCUT2D eigenvalue weighted by Crippen LogP contribution is 2.36. The highest BCUT2D eigenvalue weighted by molar-refractivity contribution is 7.15. The van der Waals surface area contributed by atoms with Gasteiger partial charge in [0.25, 0.3) is 11.5 Å². The number of anilines is 1. The molecule has 0 N–H and O–H groups in total. The number of aromatic nitrogens is 3. The van der Waals surface area contributed by atoms with Crippen LogP contribution >= 0.6 is 22.9 Å². The Kier molecular flexibility index (Phi) is 3.60. The first-order valence-corrected chi connectivity index (χ1v) is 9.36. The van der Waals surface area contributed by atoms with Crippen LogP contribution in [0.15, 0.2) is 59.7 Å². The third-order valence-corrected chi connectivity index (χ3v) is 5.95. The van der Waals surface area contributed by atoms with E-state index in [4.69, 9.17) is 11.6 Å². The molecule has 3 heterocycles. The molecule has 6 nitrogen and oxygen atoms in total. The van der Waals surface area contributed by atoms with Crippen LogP contribution in [-0.4, -0.2) is 20.5 Å². The van der Waals surface area contributed by atoms with Gasteiger partial charge in [0.1, 0.15) is 10.9 Å². The largest absolute Gasteiger partial charge is 0.303 e. The molecule has 0 fully saturated rings. The molecule has 0 aliphatic carbocycles. The molecule has 8 heteroatoms. The predicted molar refractivity (Wildman–Crippen MR) is 104 cm³/mol. The first-order chi connectivity index (χ1) is 13.1. The average molecular weight is 395 g/mol. The molecule has 1 aliphatic rings. The minimum absolute atomic E-state index is 0.224. The van der Waals surface area contributed by atoms with Crippen molar-refractivity contribution in [3.05, 3.63) is 85.9 Å². The van der Waals surface area contributed by atoms with Gasteiger partial charge in [-0.15, -0.1) is 0 Å². The SMILES string of the molecule is O=C1/C(=c2\sc3ncnn3c2=O)c2ccccc2N1Cc1ccccc1Cl. The number of benzene rings is 2. The Morgan fingerprint density at radius 1 is 1.04 bits per heavy atom. The fraction of sp³-hybridized carbons (Fsp3) is 0.0526. The second-order valence-electron chi connectivity index (χ2n) is 6.07. The Morgan fingerprint density at radius 2 is 1.81 bits per heavy atom. The fourth-order valence-electron chi connectivity index (χ4n) is 3.28. The van der Waals surface area contributed by atoms with E-state index in [2.05, 4.69) is 10.1 Å². The van der Waals surface area contributed by atoms with Gasteiger partial charge in [-0.05, 0) is 17.7 Å². The van der Waals surface area contributed by atoms with Gasteiger partial charge < -0.3 is 4.90 Å². The first kappa shape index (κ1) is 16.2. The van der Waals surface area contributed by atoms with Crippen LogP contribution in [-0.2, 0) is 11.3 Å². The maximum atomic E-state index is 13.3. The lowest BCUT2D eigenvalue weighted by Crippen LogP contribution is -2.32. The van der Waals surface area contributed by atoms with Crippen LogP contribution in [0.5, 0.6) is 0 Å². The third-order valence-electron chi connectivity index (χ3n) is 4.53. The van der Waals surface area contributed by atoms with Gasteiger partial charge in [-0.1, -0.05) is 59.3 Å². The van der Waals surface area contributed by atoms with E-state index in [0.717, 1.165) is 16.8 Å². The number of rotatable bonds is 2. The number of hydrogen-bond acceptors (Lipinski definition) is 5. The molecule has 0 atom stereocenters. The summed E-state index contributed by atoms with van der Waals surface area (Å²) in [5.74, 6) is -0.224. The highest BCUT2D eigenvalue weighted by atomic mass is 35.5. The maximum absolute atomic E-state index is 13.3. The number of fused-ring (bicyclic) bond motifs is 2. The quantitative estimate of drug-likeness (QED) is 0.523. The Hall–Kier alpha value is -3.03. The monoisotopic (exact) mass is 394 g/mol. The maximum Gasteiger partial charge on any atom is 0.291 e. The lowest BCUT2D eigenvalue weighted by atomic mass is 10.1. The van der Waals surface area contributed by atoms with E-state index < -0.39 is 0 Å². The lowest BCUT2D eigenvalue weighted by Gasteiger charge is -2.17. The number of carbonyl (C=O) groups excluding carboxylic acids is 1. The van der Waals surface area contributed by atoms with Crippen molar-refractivity contribution < 1.29 is 4.79 Å². The molecule has 0 unspecified atom stereocenters. The number of thiazole rings is 1. The van der Waals surface area contributed by atoms with Gasteiger partial charge in [-0.25, -0.2) is 4.98 Å². The topological polar surface area (TPSA) is 67.6 Å². The smallest absolute Gasteiger partial charge is 0.291 e. The lowest BCUT2D eigenvalue weighted by molar-refractivity contribution is -0.113. The van der Waals surface area contributed by atoms with E-state index in [-0.39, 0.29) is 11.5 Å². The van der Waals surface area contributed by atoms with Crippen molar-refractivity contribution in [1.82, 2.24) is 14.6 Å². The Morgan fingerprint density at radius 3 is 2.63 bits per heavy atom. The van der Waals surface area contributed by atoms with Crippen LogP contribution in [0.25, 0.3) is 10.5 Å². The van der Waals surface area contributed by atoms with Gasteiger partial charge in [0.15, 0.2) is 0 Å². The first-order valence-electron chi connectivity index (χ1n) is 8.16. The molecule has 2 aromatic carbocycles. The molecular formula is C19H11ClN4O2S. The number of nitrogens with zero attached hydrogens (tertiary/aromatic N) is 4. The summed E-state index contributed by atoms with van der Waals surface area (Å²) in [6.07, 6.45) is 1.33. The van der Waals surface area contributed by atoms with Gasteiger partial charge >= 0.3 is 0 Å². The summed E-state index contributed by atoms with van der Waals surface area (Å²) in [6, 6.07) is 14.9. The normalized spacial score (nSPS) is 15.6. The summed E-state index contributed by atoms with van der Waals surface area (Å²) in [5.41, 5.74) is 2.39. The third kappa shape index (κ3) is 2.39. The Labute approximate surface area is 161 Å². The number of hydrogen-bond donors (Lipinski definition) is 0. The van der Waals surface area contributed by atoms with Crippen molar-refractivity contribution in [2.75, 3.05) is 4.90 Å². The molecule has 0 saturated carbocycles. The molecule has 4 aromatic rings. The molecule has 5 rings (SSSR count). The van der Waals surface area contributed by atoms with Gasteiger partial charge in [-0.2, -0.15) is 9.61 Å². The van der Waals surface area contributed by atoms with E-state index in [1.165, 1.54) is 22.2 Å². The van der Waals surface area contributed by atoms with E-state index in [1.54, 1.807) is 11.0 Å². The zero-order valence-corrected chi connectivity index (χ0v) is 15.4. The molecule has 27 heavy (non-hydrogen) atoms. The number of para-hydroxylation sites is 1. The predicted octanol–water partition coefficient (Wildman–Crippen LogP) is 2.27. The summed E-state index contributed by atoms with van der Waals surface area (Å²) in [7, 11) is 0. The van der Waals surface area contributed by atoms with Crippen LogP contribution in [0, 0.1) is 0 Å². The second-order valence-corrected chi connectivity index (χ2v) is 7.45. The van der Waals surface area contributed by atoms with Crippen molar-refractivity contribution in [2.24, 2.45) is 0 Å². The van der Waals surface area contributed by atoms with E-state index in [0.29, 0.717) is 26.6 Å². The Bertz CT molecular complexity index is 1330. The van der Waals surface area contributed by atoms with Crippen molar-refractivity contribution in [3.63, 3.8) is 0 Å². The van der Waals surface area contributed by atoms with E-state index >= 15 is 0 Å². The average Bonchev–Trinajstić information content (AvgIpc) is 3.32. The van der Waals surface area contributed by atoms with Gasteiger partial charge in [-0.3, -0.25) is 9.59 Å². The zero-order chi connectivity index (χ0) is 18.5. The molecule has 1 amide bonds. The number of halogens is 1. The molecule has 1 aliphatic heterocycles. The fourth-order valence-corrected chi connectivity index (χ4v) is 4.45. The van der Waals surface area contributed by atoms with Crippen molar-refractivity contribution in [3.8, 4) is 0 Å². The second kappa shape index (κ2) is 6.00. The van der Waals surface area contributed by atoms with Gasteiger partial charge in [0.05, 0.1) is 17.8 Å². The van der Waals surface area contributed by atoms with E-state index in [1.807, 2.05) is 42.5 Å². The van der Waals surface area contributed by atoms with Crippen molar-refractivity contribution >= 4 is 45.1 Å². The van der Waals surface area contributed by atoms with Crippen LogP contribution in [0.3, 0.4) is 0 Å². The molecule has 0 spiro atoms. The van der Waals surface area contributed by atoms with E-state index in [9.17, 15) is 9.59 Å². The van der Waals surface area contributed by atoms with Crippen LogP contribution < -0.4 is 15.0 Å². The zero-order valence-electron chi connectivity index (χ0n) is 13.8. The summed E-state index contributed by atoms with van der Waals surface area (Å²) >= 11 is 7.46. The molecule has 0 radical (unpaired) electrons. The Balaban J connectivity index is 1.74. The van der Waals surface area contributed by atoms with Crippen LogP contribution in [0.2, 0.25) is 5.02 Å². The standard InChI is InChI=1S/C19H11ClN4O2S/c20-13-7-3-1-5-11(13)9-23-14-8-4-2-6-12(14)15(17(23)25)16-18(26)24-19(27-16)21-10-22-24/h1-8,10H,9H2/b16-15-. The number of carbonyl (C=O) groups is 1. The summed E-state index contributed by atoms with van der Waals surface area (Å²) in [6.45, 7) is 0.327. The minimum Gasteiger partial charge on any atom is -0.303 e. The highest BCUT2D eigenvalue weighted by Gasteiger charge is 2.34. The molecule has 2 aromatic heterocycles. The molecule has 132 valence electrons. The summed E-state index contributed by atoms with van der Waals surface area (Å²) in [5, 5.41) is 4.53. The van der Waals surface area contributed by atoms with Crippen molar-refractivity contribution in [2.45, 2.75) is 6.54 Å². The molecule has 0 bridgehead atoms. The van der Waals surface area contributed by atoms with Gasteiger partial charge in [0.2, 0.25) is 4.96 Å². The summed E-state index contributed by atoms with van der Waals surface area (Å²) in [4.78, 5) is 32.2.